The Morgan fingerprint density at radius 1 is 0.864 bits per heavy atom. The van der Waals surface area contributed by atoms with Crippen molar-refractivity contribution >= 4 is 39.9 Å². The molecular weight excluding hydrogens is 572 g/mol. The number of benzene rings is 3. The zero-order valence-corrected chi connectivity index (χ0v) is 25.6. The fourth-order valence-electron chi connectivity index (χ4n) is 5.58. The molecule has 0 radical (unpaired) electrons. The largest absolute Gasteiger partial charge is 0.451 e. The van der Waals surface area contributed by atoms with Gasteiger partial charge in [-0.05, 0) is 25.1 Å². The number of nitrogens with one attached hydrogen (secondary N) is 1. The summed E-state index contributed by atoms with van der Waals surface area (Å²) in [7, 11) is 1.29. The molecule has 3 aromatic carbocycles. The number of methoxy groups -OCH3 is 1. The number of nitrogens with zero attached hydrogens (tertiary/aromatic N) is 5. The topological polar surface area (TPSA) is 90.9 Å². The van der Waals surface area contributed by atoms with E-state index in [9.17, 15) is 9.59 Å². The lowest BCUT2D eigenvalue weighted by Crippen LogP contribution is -2.47. The monoisotopic (exact) mass is 606 g/mol. The number of pyridine rings is 1. The smallest absolute Gasteiger partial charge is 0.433 e. The van der Waals surface area contributed by atoms with Gasteiger partial charge in [0.05, 0.1) is 40.3 Å². The summed E-state index contributed by atoms with van der Waals surface area (Å²) in [5.74, 6) is -0.414. The molecule has 1 fully saturated rings. The molecule has 0 atom stereocenters. The number of carbonyl (C=O) groups is 2. The van der Waals surface area contributed by atoms with Gasteiger partial charge in [0.2, 0.25) is 0 Å². The van der Waals surface area contributed by atoms with E-state index >= 15 is 0 Å². The van der Waals surface area contributed by atoms with Gasteiger partial charge in [-0.2, -0.15) is 5.01 Å². The molecule has 2 amide bonds. The fourth-order valence-corrected chi connectivity index (χ4v) is 6.18. The summed E-state index contributed by atoms with van der Waals surface area (Å²) in [5, 5.41) is 5.07. The number of piperazine rings is 1. The summed E-state index contributed by atoms with van der Waals surface area (Å²) in [6.07, 6.45) is -0.695. The van der Waals surface area contributed by atoms with Crippen molar-refractivity contribution in [2.45, 2.75) is 20.0 Å². The van der Waals surface area contributed by atoms with Gasteiger partial charge in [0.25, 0.3) is 5.91 Å². The summed E-state index contributed by atoms with van der Waals surface area (Å²) in [5.41, 5.74) is 8.12. The number of aromatic nitrogens is 2. The van der Waals surface area contributed by atoms with Gasteiger partial charge in [-0.3, -0.25) is 20.0 Å². The highest BCUT2D eigenvalue weighted by atomic mass is 32.1. The number of anilines is 1. The molecule has 1 saturated heterocycles. The lowest BCUT2D eigenvalue weighted by atomic mass is 9.95. The van der Waals surface area contributed by atoms with E-state index in [1.165, 1.54) is 7.11 Å². The van der Waals surface area contributed by atoms with E-state index in [4.69, 9.17) is 9.72 Å². The molecule has 44 heavy (non-hydrogen) atoms. The number of carbonyl (C=O) groups excluding carboxylic acids is 2. The second-order valence-corrected chi connectivity index (χ2v) is 11.8. The molecule has 1 aliphatic heterocycles. The van der Waals surface area contributed by atoms with Crippen LogP contribution in [0.25, 0.3) is 22.2 Å². The van der Waals surface area contributed by atoms with Crippen LogP contribution < -0.4 is 10.4 Å². The molecule has 1 aliphatic rings. The molecule has 3 heterocycles. The molecular formula is C34H34N6O3S. The molecule has 0 spiro atoms. The Labute approximate surface area is 260 Å². The molecule has 0 aliphatic carbocycles. The Kier molecular flexibility index (Phi) is 8.92. The number of hydrazine groups is 1. The Hall–Kier alpha value is -4.64. The first-order valence-electron chi connectivity index (χ1n) is 14.6. The van der Waals surface area contributed by atoms with Gasteiger partial charge < -0.3 is 4.74 Å². The van der Waals surface area contributed by atoms with Gasteiger partial charge in [-0.25, -0.2) is 14.8 Å². The van der Waals surface area contributed by atoms with E-state index in [-0.39, 0.29) is 0 Å². The number of thiazole rings is 1. The van der Waals surface area contributed by atoms with Crippen molar-refractivity contribution in [3.05, 3.63) is 112 Å². The highest BCUT2D eigenvalue weighted by molar-refractivity contribution is 7.09. The van der Waals surface area contributed by atoms with E-state index in [1.54, 1.807) is 35.6 Å². The van der Waals surface area contributed by atoms with E-state index in [0.29, 0.717) is 23.3 Å². The maximum atomic E-state index is 14.3. The van der Waals surface area contributed by atoms with Gasteiger partial charge in [0.15, 0.2) is 0 Å². The molecule has 0 bridgehead atoms. The quantitative estimate of drug-likeness (QED) is 0.231. The number of fused-ring (bicyclic) bond motifs is 1. The second-order valence-electron chi connectivity index (χ2n) is 10.7. The summed E-state index contributed by atoms with van der Waals surface area (Å²) in [4.78, 5) is 41.7. The van der Waals surface area contributed by atoms with E-state index in [1.807, 2.05) is 67.6 Å². The van der Waals surface area contributed by atoms with E-state index < -0.39 is 12.0 Å². The zero-order valence-electron chi connectivity index (χ0n) is 24.8. The first kappa shape index (κ1) is 29.4. The Morgan fingerprint density at radius 3 is 2.16 bits per heavy atom. The maximum Gasteiger partial charge on any atom is 0.433 e. The zero-order chi connectivity index (χ0) is 30.5. The van der Waals surface area contributed by atoms with Crippen LogP contribution in [0.2, 0.25) is 0 Å². The summed E-state index contributed by atoms with van der Waals surface area (Å²) >= 11 is 1.68. The minimum atomic E-state index is -0.695. The summed E-state index contributed by atoms with van der Waals surface area (Å²) < 4.78 is 5.03. The van der Waals surface area contributed by atoms with Crippen molar-refractivity contribution in [2.24, 2.45) is 0 Å². The van der Waals surface area contributed by atoms with Crippen LogP contribution in [-0.2, 0) is 17.8 Å². The molecule has 224 valence electrons. The van der Waals surface area contributed by atoms with Crippen molar-refractivity contribution in [3.63, 3.8) is 0 Å². The third-order valence-electron chi connectivity index (χ3n) is 7.75. The normalized spacial score (nSPS) is 14.0. The van der Waals surface area contributed by atoms with Gasteiger partial charge in [-0.15, -0.1) is 11.3 Å². The lowest BCUT2D eigenvalue weighted by Gasteiger charge is -2.35. The van der Waals surface area contributed by atoms with Gasteiger partial charge in [0, 0.05) is 61.2 Å². The highest BCUT2D eigenvalue weighted by Gasteiger charge is 2.28. The average Bonchev–Trinajstić information content (AvgIpc) is 3.48. The Morgan fingerprint density at radius 2 is 1.50 bits per heavy atom. The van der Waals surface area contributed by atoms with Gasteiger partial charge >= 0.3 is 6.09 Å². The van der Waals surface area contributed by atoms with Crippen LogP contribution in [0.3, 0.4) is 0 Å². The molecule has 0 unspecified atom stereocenters. The Balaban J connectivity index is 1.37. The third-order valence-corrected chi connectivity index (χ3v) is 8.57. The fraction of sp³-hybridized carbons (Fsp3) is 0.235. The number of hydrogen-bond donors (Lipinski definition) is 1. The number of amides is 2. The third kappa shape index (κ3) is 6.47. The van der Waals surface area contributed by atoms with Crippen LogP contribution in [0.1, 0.15) is 26.6 Å². The number of aryl methyl sites for hydroxylation is 1. The van der Waals surface area contributed by atoms with Crippen LogP contribution in [0, 0.1) is 6.92 Å². The first-order chi connectivity index (χ1) is 21.5. The van der Waals surface area contributed by atoms with Crippen LogP contribution in [0.15, 0.2) is 90.3 Å². The minimum absolute atomic E-state index is 0.414. The molecule has 1 N–H and O–H groups in total. The van der Waals surface area contributed by atoms with Crippen LogP contribution >= 0.6 is 11.3 Å². The molecule has 10 heteroatoms. The molecule has 2 aromatic heterocycles. The predicted octanol–water partition coefficient (Wildman–Crippen LogP) is 5.90. The molecule has 5 aromatic rings. The maximum absolute atomic E-state index is 14.3. The van der Waals surface area contributed by atoms with Crippen molar-refractivity contribution in [1.82, 2.24) is 25.2 Å². The molecule has 9 nitrogen and oxygen atoms in total. The lowest BCUT2D eigenvalue weighted by molar-refractivity contribution is 0.0937. The van der Waals surface area contributed by atoms with Crippen LogP contribution in [0.4, 0.5) is 10.5 Å². The summed E-state index contributed by atoms with van der Waals surface area (Å²) in [6.45, 7) is 6.85. The number of ether oxygens (including phenoxy) is 1. The average molecular weight is 607 g/mol. The van der Waals surface area contributed by atoms with Crippen molar-refractivity contribution < 1.29 is 14.3 Å². The standard InChI is InChI=1S/C34H34N6O3S/c1-24-35-26(23-44-24)21-38-17-19-39(20-18-38)22-29-31(33(41)37-40(34(42)43-2)27-13-7-4-8-14-27)28-15-9-10-16-30(28)36-32(29)25-11-5-3-6-12-25/h3-16,23H,17-22H2,1-2H3,(H,37,41). The molecule has 0 saturated carbocycles. The van der Waals surface area contributed by atoms with Crippen molar-refractivity contribution in [3.8, 4) is 11.3 Å². The second kappa shape index (κ2) is 13.3. The predicted molar refractivity (Wildman–Crippen MR) is 173 cm³/mol. The summed E-state index contributed by atoms with van der Waals surface area (Å²) in [6, 6.07) is 26.5. The minimum Gasteiger partial charge on any atom is -0.451 e. The highest BCUT2D eigenvalue weighted by Crippen LogP contribution is 2.32. The number of rotatable bonds is 7. The van der Waals surface area contributed by atoms with Crippen LogP contribution in [0.5, 0.6) is 0 Å². The van der Waals surface area contributed by atoms with E-state index in [2.05, 4.69) is 25.6 Å². The number of para-hydroxylation sites is 2. The first-order valence-corrected chi connectivity index (χ1v) is 15.4. The van der Waals surface area contributed by atoms with Gasteiger partial charge in [0.1, 0.15) is 0 Å². The SMILES string of the molecule is COC(=O)N(NC(=O)c1c(CN2CCN(Cc3csc(C)n3)CC2)c(-c2ccccc2)nc2ccccc12)c1ccccc1. The van der Waals surface area contributed by atoms with Crippen molar-refractivity contribution in [1.29, 1.82) is 0 Å². The van der Waals surface area contributed by atoms with E-state index in [0.717, 1.165) is 70.6 Å². The van der Waals surface area contributed by atoms with Gasteiger partial charge in [-0.1, -0.05) is 66.7 Å². The molecule has 6 rings (SSSR count). The Bertz CT molecular complexity index is 1750. The number of hydrogen-bond acceptors (Lipinski definition) is 8. The van der Waals surface area contributed by atoms with Crippen molar-refractivity contribution in [2.75, 3.05) is 38.3 Å². The van der Waals surface area contributed by atoms with Crippen LogP contribution in [-0.4, -0.2) is 65.1 Å².